The Morgan fingerprint density at radius 1 is 1.24 bits per heavy atom. The molecule has 21 heavy (non-hydrogen) atoms. The fourth-order valence-corrected chi connectivity index (χ4v) is 3.57. The van der Waals surface area contributed by atoms with Crippen LogP contribution in [0.15, 0.2) is 12.1 Å². The summed E-state index contributed by atoms with van der Waals surface area (Å²) in [5.41, 5.74) is 1.34. The van der Waals surface area contributed by atoms with E-state index in [1.807, 2.05) is 32.9 Å². The molecule has 1 aliphatic carbocycles. The number of hydrogen-bond acceptors (Lipinski definition) is 4. The Bertz CT molecular complexity index is 630. The van der Waals surface area contributed by atoms with Gasteiger partial charge in [0.1, 0.15) is 12.4 Å². The minimum atomic E-state index is -1.02. The van der Waals surface area contributed by atoms with E-state index in [0.717, 1.165) is 23.7 Å². The predicted molar refractivity (Wildman–Crippen MR) is 78.6 cm³/mol. The maximum Gasteiger partial charge on any atom is 0.302 e. The van der Waals surface area contributed by atoms with E-state index in [9.17, 15) is 14.4 Å². The first kappa shape index (κ1) is 15.4. The molecule has 1 aliphatic rings. The minimum absolute atomic E-state index is 0.432. The lowest BCUT2D eigenvalue weighted by molar-refractivity contribution is -0.153. The summed E-state index contributed by atoms with van der Waals surface area (Å²) in [5.74, 6) is -0.432. The second-order valence-corrected chi connectivity index (χ2v) is 6.45. The van der Waals surface area contributed by atoms with Gasteiger partial charge >= 0.3 is 5.97 Å². The molecule has 2 atom stereocenters. The molecule has 0 bridgehead atoms. The fraction of sp³-hybridized carbons (Fsp3) is 0.471. The number of ether oxygens (including phenoxy) is 1. The van der Waals surface area contributed by atoms with Gasteiger partial charge < -0.3 is 9.53 Å². The number of fused-ring (bicyclic) bond motifs is 1. The van der Waals surface area contributed by atoms with E-state index >= 15 is 0 Å². The van der Waals surface area contributed by atoms with Gasteiger partial charge in [-0.25, -0.2) is 0 Å². The molecule has 0 amide bonds. The molecular formula is C17H20O4. The summed E-state index contributed by atoms with van der Waals surface area (Å²) in [7, 11) is 0. The minimum Gasteiger partial charge on any atom is -0.460 e. The van der Waals surface area contributed by atoms with Crippen LogP contribution in [0.3, 0.4) is 0 Å². The van der Waals surface area contributed by atoms with Crippen LogP contribution in [0.2, 0.25) is 0 Å². The normalized spacial score (nSPS) is 26.0. The Kier molecular flexibility index (Phi) is 3.52. The van der Waals surface area contributed by atoms with Crippen LogP contribution in [-0.4, -0.2) is 24.6 Å². The molecule has 1 aromatic rings. The number of aldehydes is 2. The molecule has 2 rings (SSSR count). The molecule has 0 aromatic heterocycles. The van der Waals surface area contributed by atoms with E-state index in [-0.39, 0.29) is 0 Å². The molecule has 112 valence electrons. The Balaban J connectivity index is 2.81. The summed E-state index contributed by atoms with van der Waals surface area (Å²) in [6, 6.07) is 3.79. The highest BCUT2D eigenvalue weighted by atomic mass is 16.5. The zero-order chi connectivity index (χ0) is 16.0. The van der Waals surface area contributed by atoms with Gasteiger partial charge in [-0.05, 0) is 30.5 Å². The third-order valence-electron chi connectivity index (χ3n) is 4.54. The first-order valence-corrected chi connectivity index (χ1v) is 6.93. The second kappa shape index (κ2) is 4.79. The maximum atomic E-state index is 11.8. The largest absolute Gasteiger partial charge is 0.460 e. The molecule has 0 saturated heterocycles. The molecule has 2 unspecified atom stereocenters. The molecule has 1 aromatic carbocycles. The first-order chi connectivity index (χ1) is 9.70. The standard InChI is InChI=1S/C17H20O4/c1-10-6-7-13-14(12(10)8-18)17(5,9-19)15(16(13,3)4)21-11(2)20/h6-9,15H,1-5H3. The Morgan fingerprint density at radius 3 is 2.33 bits per heavy atom. The van der Waals surface area contributed by atoms with Gasteiger partial charge in [0, 0.05) is 17.9 Å². The summed E-state index contributed by atoms with van der Waals surface area (Å²) in [5, 5.41) is 0. The fourth-order valence-electron chi connectivity index (χ4n) is 3.57. The van der Waals surface area contributed by atoms with Crippen molar-refractivity contribution in [1.82, 2.24) is 0 Å². The average Bonchev–Trinajstić information content (AvgIpc) is 2.58. The van der Waals surface area contributed by atoms with Crippen molar-refractivity contribution in [3.8, 4) is 0 Å². The van der Waals surface area contributed by atoms with Gasteiger partial charge in [-0.15, -0.1) is 0 Å². The summed E-state index contributed by atoms with van der Waals surface area (Å²) in [6.07, 6.45) is 0.943. The van der Waals surface area contributed by atoms with Crippen molar-refractivity contribution >= 4 is 18.5 Å². The number of carbonyl (C=O) groups is 3. The zero-order valence-electron chi connectivity index (χ0n) is 13.0. The van der Waals surface area contributed by atoms with E-state index < -0.39 is 22.9 Å². The number of aryl methyl sites for hydroxylation is 1. The number of rotatable bonds is 3. The molecule has 0 radical (unpaired) electrons. The number of esters is 1. The molecule has 0 fully saturated rings. The molecule has 0 N–H and O–H groups in total. The van der Waals surface area contributed by atoms with Gasteiger partial charge in [0.2, 0.25) is 0 Å². The smallest absolute Gasteiger partial charge is 0.302 e. The molecule has 0 saturated carbocycles. The van der Waals surface area contributed by atoms with E-state index in [2.05, 4.69) is 0 Å². The first-order valence-electron chi connectivity index (χ1n) is 6.93. The van der Waals surface area contributed by atoms with Crippen LogP contribution < -0.4 is 0 Å². The van der Waals surface area contributed by atoms with Gasteiger partial charge in [-0.2, -0.15) is 0 Å². The Labute approximate surface area is 124 Å². The lowest BCUT2D eigenvalue weighted by atomic mass is 9.77. The van der Waals surface area contributed by atoms with Crippen LogP contribution in [-0.2, 0) is 25.2 Å². The molecular weight excluding hydrogens is 268 g/mol. The Morgan fingerprint density at radius 2 is 1.86 bits per heavy atom. The molecule has 4 heteroatoms. The molecule has 4 nitrogen and oxygen atoms in total. The predicted octanol–water partition coefficient (Wildman–Crippen LogP) is 2.49. The van der Waals surface area contributed by atoms with E-state index in [1.54, 1.807) is 6.92 Å². The highest BCUT2D eigenvalue weighted by molar-refractivity contribution is 5.88. The quantitative estimate of drug-likeness (QED) is 0.633. The SMILES string of the molecule is CC(=O)OC1C(C)(C)c2ccc(C)c(C=O)c2C1(C)C=O. The van der Waals surface area contributed by atoms with E-state index in [0.29, 0.717) is 11.1 Å². The van der Waals surface area contributed by atoms with Gasteiger partial charge in [0.25, 0.3) is 0 Å². The van der Waals surface area contributed by atoms with Crippen LogP contribution in [0.25, 0.3) is 0 Å². The van der Waals surface area contributed by atoms with E-state index in [1.165, 1.54) is 6.92 Å². The summed E-state index contributed by atoms with van der Waals surface area (Å²) in [6.45, 7) is 8.75. The van der Waals surface area contributed by atoms with Crippen LogP contribution >= 0.6 is 0 Å². The third kappa shape index (κ3) is 2.01. The van der Waals surface area contributed by atoms with Crippen molar-refractivity contribution in [1.29, 1.82) is 0 Å². The number of hydrogen-bond donors (Lipinski definition) is 0. The maximum absolute atomic E-state index is 11.8. The second-order valence-electron chi connectivity index (χ2n) is 6.45. The molecule has 0 heterocycles. The monoisotopic (exact) mass is 288 g/mol. The topological polar surface area (TPSA) is 60.4 Å². The van der Waals surface area contributed by atoms with Gasteiger partial charge in [-0.1, -0.05) is 26.0 Å². The van der Waals surface area contributed by atoms with Crippen LogP contribution in [0.1, 0.15) is 54.7 Å². The van der Waals surface area contributed by atoms with E-state index in [4.69, 9.17) is 4.74 Å². The van der Waals surface area contributed by atoms with Crippen molar-refractivity contribution in [3.63, 3.8) is 0 Å². The summed E-state index contributed by atoms with van der Waals surface area (Å²) in [4.78, 5) is 34.8. The molecule has 0 spiro atoms. The van der Waals surface area contributed by atoms with Crippen molar-refractivity contribution < 1.29 is 19.1 Å². The van der Waals surface area contributed by atoms with Gasteiger partial charge in [-0.3, -0.25) is 9.59 Å². The number of benzene rings is 1. The highest BCUT2D eigenvalue weighted by Crippen LogP contribution is 2.51. The summed E-state index contributed by atoms with van der Waals surface area (Å²) >= 11 is 0. The van der Waals surface area contributed by atoms with Crippen molar-refractivity contribution in [2.45, 2.75) is 51.6 Å². The lowest BCUT2D eigenvalue weighted by Crippen LogP contribution is -2.45. The lowest BCUT2D eigenvalue weighted by Gasteiger charge is -2.34. The van der Waals surface area contributed by atoms with Crippen LogP contribution in [0.5, 0.6) is 0 Å². The molecule has 0 aliphatic heterocycles. The third-order valence-corrected chi connectivity index (χ3v) is 4.54. The van der Waals surface area contributed by atoms with Crippen molar-refractivity contribution in [3.05, 3.63) is 34.4 Å². The average molecular weight is 288 g/mol. The van der Waals surface area contributed by atoms with Crippen LogP contribution in [0, 0.1) is 6.92 Å². The van der Waals surface area contributed by atoms with Crippen LogP contribution in [0.4, 0.5) is 0 Å². The van der Waals surface area contributed by atoms with Gasteiger partial charge in [0.15, 0.2) is 6.29 Å². The van der Waals surface area contributed by atoms with Crippen molar-refractivity contribution in [2.75, 3.05) is 0 Å². The zero-order valence-corrected chi connectivity index (χ0v) is 13.0. The highest BCUT2D eigenvalue weighted by Gasteiger charge is 2.57. The van der Waals surface area contributed by atoms with Crippen molar-refractivity contribution in [2.24, 2.45) is 0 Å². The van der Waals surface area contributed by atoms with Gasteiger partial charge in [0.05, 0.1) is 5.41 Å². The summed E-state index contributed by atoms with van der Waals surface area (Å²) < 4.78 is 5.47. The number of carbonyl (C=O) groups excluding carboxylic acids is 3. The Hall–Kier alpha value is -1.97.